The summed E-state index contributed by atoms with van der Waals surface area (Å²) in [5.74, 6) is -1.15. The molecule has 0 saturated carbocycles. The molecule has 2 aromatic rings. The second-order valence-corrected chi connectivity index (χ2v) is 4.44. The van der Waals surface area contributed by atoms with Crippen LogP contribution in [0.15, 0.2) is 22.8 Å². The molecule has 0 radical (unpaired) electrons. The van der Waals surface area contributed by atoms with E-state index in [4.69, 9.17) is 11.6 Å². The van der Waals surface area contributed by atoms with E-state index in [0.29, 0.717) is 9.86 Å². The number of hydrogen-bond acceptors (Lipinski definition) is 3. The number of halogens is 3. The van der Waals surface area contributed by atoms with Crippen molar-refractivity contribution in [2.24, 2.45) is 0 Å². The first-order valence-corrected chi connectivity index (χ1v) is 5.74. The molecule has 1 aromatic heterocycles. The molecule has 1 heterocycles. The van der Waals surface area contributed by atoms with Crippen LogP contribution >= 0.6 is 27.5 Å². The Bertz CT molecular complexity index is 618. The largest absolute Gasteiger partial charge is 0.465 e. The molecule has 0 unspecified atom stereocenters. The molecule has 0 atom stereocenters. The van der Waals surface area contributed by atoms with Crippen molar-refractivity contribution < 1.29 is 13.9 Å². The van der Waals surface area contributed by atoms with Crippen LogP contribution in [0, 0.1) is 5.82 Å². The molecule has 0 bridgehead atoms. The monoisotopic (exact) mass is 317 g/mol. The average Bonchev–Trinajstić information content (AvgIpc) is 2.33. The van der Waals surface area contributed by atoms with Gasteiger partial charge < -0.3 is 4.74 Å². The summed E-state index contributed by atoms with van der Waals surface area (Å²) < 4.78 is 18.7. The summed E-state index contributed by atoms with van der Waals surface area (Å²) >= 11 is 8.88. The van der Waals surface area contributed by atoms with Crippen molar-refractivity contribution in [2.45, 2.75) is 0 Å². The fourth-order valence-electron chi connectivity index (χ4n) is 1.43. The second-order valence-electron chi connectivity index (χ2n) is 3.23. The number of esters is 1. The summed E-state index contributed by atoms with van der Waals surface area (Å²) in [5.41, 5.74) is 0.346. The van der Waals surface area contributed by atoms with Gasteiger partial charge in [-0.3, -0.25) is 4.98 Å². The number of carbonyl (C=O) groups is 1. The standard InChI is InChI=1S/C11H6BrClFNO2/c1-17-11(16)6-4-15-10-5(8(6)12)2-3-7(13)9(10)14/h2-4H,1H3. The van der Waals surface area contributed by atoms with Gasteiger partial charge in [-0.1, -0.05) is 11.6 Å². The molecule has 0 amide bonds. The maximum Gasteiger partial charge on any atom is 0.340 e. The molecule has 17 heavy (non-hydrogen) atoms. The van der Waals surface area contributed by atoms with Crippen molar-refractivity contribution in [2.75, 3.05) is 7.11 Å². The van der Waals surface area contributed by atoms with E-state index in [1.807, 2.05) is 0 Å². The van der Waals surface area contributed by atoms with Crippen LogP contribution in [0.4, 0.5) is 4.39 Å². The number of nitrogens with zero attached hydrogens (tertiary/aromatic N) is 1. The number of rotatable bonds is 1. The van der Waals surface area contributed by atoms with Gasteiger partial charge >= 0.3 is 5.97 Å². The minimum atomic E-state index is -0.610. The highest BCUT2D eigenvalue weighted by Crippen LogP contribution is 2.30. The quantitative estimate of drug-likeness (QED) is 0.755. The molecule has 0 aliphatic heterocycles. The van der Waals surface area contributed by atoms with Gasteiger partial charge in [0.05, 0.1) is 17.7 Å². The SMILES string of the molecule is COC(=O)c1cnc2c(F)c(Cl)ccc2c1Br. The van der Waals surface area contributed by atoms with Gasteiger partial charge in [0.1, 0.15) is 5.52 Å². The van der Waals surface area contributed by atoms with Crippen LogP contribution in [0.25, 0.3) is 10.9 Å². The summed E-state index contributed by atoms with van der Waals surface area (Å²) in [4.78, 5) is 15.3. The normalized spacial score (nSPS) is 10.6. The average molecular weight is 319 g/mol. The van der Waals surface area contributed by atoms with E-state index in [0.717, 1.165) is 0 Å². The van der Waals surface area contributed by atoms with Gasteiger partial charge in [-0.25, -0.2) is 9.18 Å². The summed E-state index contributed by atoms with van der Waals surface area (Å²) in [6, 6.07) is 3.00. The number of pyridine rings is 1. The zero-order valence-corrected chi connectivity index (χ0v) is 11.0. The fourth-order valence-corrected chi connectivity index (χ4v) is 2.16. The lowest BCUT2D eigenvalue weighted by Crippen LogP contribution is -2.04. The number of methoxy groups -OCH3 is 1. The van der Waals surface area contributed by atoms with Gasteiger partial charge in [0.2, 0.25) is 0 Å². The Morgan fingerprint density at radius 3 is 2.88 bits per heavy atom. The van der Waals surface area contributed by atoms with Crippen LogP contribution in [0.2, 0.25) is 5.02 Å². The van der Waals surface area contributed by atoms with Crippen LogP contribution in [-0.2, 0) is 4.74 Å². The second kappa shape index (κ2) is 4.58. The Labute approximate surface area is 110 Å². The molecule has 0 aliphatic carbocycles. The minimum Gasteiger partial charge on any atom is -0.465 e. The Balaban J connectivity index is 2.77. The van der Waals surface area contributed by atoms with Crippen molar-refractivity contribution in [1.82, 2.24) is 4.98 Å². The third-order valence-electron chi connectivity index (χ3n) is 2.27. The van der Waals surface area contributed by atoms with Gasteiger partial charge in [-0.2, -0.15) is 0 Å². The Morgan fingerprint density at radius 1 is 1.53 bits per heavy atom. The first-order chi connectivity index (χ1) is 8.06. The Kier molecular flexibility index (Phi) is 3.31. The highest BCUT2D eigenvalue weighted by Gasteiger charge is 2.16. The van der Waals surface area contributed by atoms with Crippen LogP contribution in [0.5, 0.6) is 0 Å². The Hall–Kier alpha value is -1.20. The van der Waals surface area contributed by atoms with Crippen molar-refractivity contribution >= 4 is 44.4 Å². The number of benzene rings is 1. The van der Waals surface area contributed by atoms with Crippen LogP contribution in [-0.4, -0.2) is 18.1 Å². The Morgan fingerprint density at radius 2 is 2.24 bits per heavy atom. The van der Waals surface area contributed by atoms with Gasteiger partial charge in [-0.15, -0.1) is 0 Å². The van der Waals surface area contributed by atoms with Gasteiger partial charge in [-0.05, 0) is 28.1 Å². The van der Waals surface area contributed by atoms with E-state index in [2.05, 4.69) is 25.7 Å². The first-order valence-electron chi connectivity index (χ1n) is 4.56. The van der Waals surface area contributed by atoms with Crippen LogP contribution in [0.3, 0.4) is 0 Å². The van der Waals surface area contributed by atoms with Crippen molar-refractivity contribution in [1.29, 1.82) is 0 Å². The molecule has 88 valence electrons. The first kappa shape index (κ1) is 12.3. The molecule has 0 aliphatic rings. The molecule has 0 saturated heterocycles. The zero-order valence-electron chi connectivity index (χ0n) is 8.63. The predicted molar refractivity (Wildman–Crippen MR) is 65.8 cm³/mol. The van der Waals surface area contributed by atoms with Crippen LogP contribution < -0.4 is 0 Å². The van der Waals surface area contributed by atoms with Gasteiger partial charge in [0.25, 0.3) is 0 Å². The fraction of sp³-hybridized carbons (Fsp3) is 0.0909. The number of carbonyl (C=O) groups excluding carboxylic acids is 1. The topological polar surface area (TPSA) is 39.2 Å². The van der Waals surface area contributed by atoms with E-state index >= 15 is 0 Å². The molecule has 1 aromatic carbocycles. The van der Waals surface area contributed by atoms with Crippen molar-refractivity contribution in [3.63, 3.8) is 0 Å². The van der Waals surface area contributed by atoms with E-state index < -0.39 is 11.8 Å². The van der Waals surface area contributed by atoms with E-state index in [9.17, 15) is 9.18 Å². The molecule has 2 rings (SSSR count). The van der Waals surface area contributed by atoms with Gasteiger partial charge in [0, 0.05) is 16.1 Å². The summed E-state index contributed by atoms with van der Waals surface area (Å²) in [6.45, 7) is 0. The molecule has 0 fully saturated rings. The number of fused-ring (bicyclic) bond motifs is 1. The lowest BCUT2D eigenvalue weighted by atomic mass is 10.1. The summed E-state index contributed by atoms with van der Waals surface area (Å²) in [5, 5.41) is 0.456. The lowest BCUT2D eigenvalue weighted by Gasteiger charge is -2.06. The van der Waals surface area contributed by atoms with Crippen LogP contribution in [0.1, 0.15) is 10.4 Å². The molecule has 6 heteroatoms. The highest BCUT2D eigenvalue weighted by atomic mass is 79.9. The smallest absolute Gasteiger partial charge is 0.340 e. The maximum atomic E-state index is 13.7. The van der Waals surface area contributed by atoms with Crippen molar-refractivity contribution in [3.05, 3.63) is 39.2 Å². The van der Waals surface area contributed by atoms with E-state index in [-0.39, 0.29) is 16.1 Å². The number of hydrogen-bond donors (Lipinski definition) is 0. The lowest BCUT2D eigenvalue weighted by molar-refractivity contribution is 0.0599. The van der Waals surface area contributed by atoms with Gasteiger partial charge in [0.15, 0.2) is 5.82 Å². The minimum absolute atomic E-state index is 0.0114. The van der Waals surface area contributed by atoms with E-state index in [1.54, 1.807) is 6.07 Å². The molecule has 3 nitrogen and oxygen atoms in total. The number of aromatic nitrogens is 1. The van der Waals surface area contributed by atoms with E-state index in [1.165, 1.54) is 19.4 Å². The predicted octanol–water partition coefficient (Wildman–Crippen LogP) is 3.58. The molecular weight excluding hydrogens is 312 g/mol. The third kappa shape index (κ3) is 2.00. The molecular formula is C11H6BrClFNO2. The highest BCUT2D eigenvalue weighted by molar-refractivity contribution is 9.10. The number of ether oxygens (including phenoxy) is 1. The summed E-state index contributed by atoms with van der Waals surface area (Å²) in [6.07, 6.45) is 1.25. The molecule has 0 N–H and O–H groups in total. The summed E-state index contributed by atoms with van der Waals surface area (Å²) in [7, 11) is 1.27. The third-order valence-corrected chi connectivity index (χ3v) is 3.42. The molecule has 0 spiro atoms. The maximum absolute atomic E-state index is 13.7. The van der Waals surface area contributed by atoms with Crippen molar-refractivity contribution in [3.8, 4) is 0 Å². The zero-order chi connectivity index (χ0) is 12.6.